The Labute approximate surface area is 174 Å². The Bertz CT molecular complexity index is 1090. The van der Waals surface area contributed by atoms with E-state index in [1.165, 1.54) is 24.3 Å². The number of aryl methyl sites for hydroxylation is 2. The SMILES string of the molecule is Cc1ccccc1CNC(=O)CCc1nc(CS(=O)(=O)c2ccc(Cl)cc2)no1. The standard InChI is InChI=1S/C20H20ClN3O4S/c1-14-4-2-3-5-15(14)12-22-19(25)10-11-20-23-18(24-28-20)13-29(26,27)17-8-6-16(21)7-9-17/h2-9H,10-13H2,1H3,(H,22,25). The highest BCUT2D eigenvalue weighted by Crippen LogP contribution is 2.18. The lowest BCUT2D eigenvalue weighted by Crippen LogP contribution is -2.23. The van der Waals surface area contributed by atoms with Crippen LogP contribution in [-0.2, 0) is 33.4 Å². The Hall–Kier alpha value is -2.71. The van der Waals surface area contributed by atoms with Gasteiger partial charge in [0.05, 0.1) is 4.90 Å². The molecule has 1 aromatic heterocycles. The molecule has 29 heavy (non-hydrogen) atoms. The molecule has 0 radical (unpaired) electrons. The molecule has 0 atom stereocenters. The van der Waals surface area contributed by atoms with Crippen LogP contribution in [0.5, 0.6) is 0 Å². The first-order chi connectivity index (χ1) is 13.8. The summed E-state index contributed by atoms with van der Waals surface area (Å²) in [7, 11) is -3.61. The number of carbonyl (C=O) groups is 1. The summed E-state index contributed by atoms with van der Waals surface area (Å²) in [4.78, 5) is 16.2. The molecule has 9 heteroatoms. The highest BCUT2D eigenvalue weighted by Gasteiger charge is 2.19. The van der Waals surface area contributed by atoms with Gasteiger partial charge in [0, 0.05) is 24.4 Å². The number of carbonyl (C=O) groups excluding carboxylic acids is 1. The van der Waals surface area contributed by atoms with E-state index in [9.17, 15) is 13.2 Å². The minimum atomic E-state index is -3.61. The summed E-state index contributed by atoms with van der Waals surface area (Å²) in [6.45, 7) is 2.43. The molecule has 152 valence electrons. The number of sulfone groups is 1. The molecule has 7 nitrogen and oxygen atoms in total. The second-order valence-corrected chi connectivity index (χ2v) is 8.95. The Morgan fingerprint density at radius 2 is 1.86 bits per heavy atom. The smallest absolute Gasteiger partial charge is 0.227 e. The van der Waals surface area contributed by atoms with Crippen LogP contribution in [0.2, 0.25) is 5.02 Å². The third-order valence-corrected chi connectivity index (χ3v) is 6.19. The van der Waals surface area contributed by atoms with Crippen LogP contribution in [0.3, 0.4) is 0 Å². The Morgan fingerprint density at radius 3 is 2.59 bits per heavy atom. The van der Waals surface area contributed by atoms with Crippen LogP contribution in [0.1, 0.15) is 29.3 Å². The molecule has 0 bridgehead atoms. The van der Waals surface area contributed by atoms with Gasteiger partial charge in [0.25, 0.3) is 0 Å². The number of hydrogen-bond acceptors (Lipinski definition) is 6. The van der Waals surface area contributed by atoms with Crippen LogP contribution < -0.4 is 5.32 Å². The van der Waals surface area contributed by atoms with Gasteiger partial charge in [0.15, 0.2) is 15.7 Å². The van der Waals surface area contributed by atoms with E-state index < -0.39 is 15.6 Å². The third-order valence-electron chi connectivity index (χ3n) is 4.31. The molecular weight excluding hydrogens is 414 g/mol. The summed E-state index contributed by atoms with van der Waals surface area (Å²) in [5.41, 5.74) is 2.16. The summed E-state index contributed by atoms with van der Waals surface area (Å²) >= 11 is 5.78. The van der Waals surface area contributed by atoms with Crippen molar-refractivity contribution in [1.82, 2.24) is 15.5 Å². The number of nitrogens with zero attached hydrogens (tertiary/aromatic N) is 2. The number of amides is 1. The average Bonchev–Trinajstić information content (AvgIpc) is 3.12. The second kappa shape index (κ2) is 9.19. The van der Waals surface area contributed by atoms with Crippen molar-refractivity contribution in [2.24, 2.45) is 0 Å². The highest BCUT2D eigenvalue weighted by atomic mass is 35.5. The van der Waals surface area contributed by atoms with Gasteiger partial charge in [-0.15, -0.1) is 0 Å². The molecule has 3 rings (SSSR count). The first-order valence-electron chi connectivity index (χ1n) is 8.94. The number of nitrogens with one attached hydrogen (secondary N) is 1. The van der Waals surface area contributed by atoms with Gasteiger partial charge >= 0.3 is 0 Å². The number of rotatable bonds is 8. The fraction of sp³-hybridized carbons (Fsp3) is 0.250. The molecule has 0 spiro atoms. The molecule has 1 N–H and O–H groups in total. The van der Waals surface area contributed by atoms with Gasteiger partial charge in [0.1, 0.15) is 5.75 Å². The van der Waals surface area contributed by atoms with Crippen molar-refractivity contribution in [3.8, 4) is 0 Å². The van der Waals surface area contributed by atoms with Gasteiger partial charge in [-0.3, -0.25) is 4.79 Å². The molecule has 1 amide bonds. The minimum Gasteiger partial charge on any atom is -0.352 e. The van der Waals surface area contributed by atoms with Gasteiger partial charge < -0.3 is 9.84 Å². The quantitative estimate of drug-likeness (QED) is 0.585. The molecule has 0 aliphatic carbocycles. The van der Waals surface area contributed by atoms with E-state index in [0.29, 0.717) is 11.6 Å². The average molecular weight is 434 g/mol. The number of benzene rings is 2. The molecule has 0 saturated carbocycles. The first-order valence-corrected chi connectivity index (χ1v) is 11.0. The molecule has 2 aromatic carbocycles. The topological polar surface area (TPSA) is 102 Å². The van der Waals surface area contributed by atoms with E-state index in [2.05, 4.69) is 15.5 Å². The Morgan fingerprint density at radius 1 is 1.14 bits per heavy atom. The van der Waals surface area contributed by atoms with Gasteiger partial charge in [-0.25, -0.2) is 8.42 Å². The van der Waals surface area contributed by atoms with E-state index in [4.69, 9.17) is 16.1 Å². The number of halogens is 1. The van der Waals surface area contributed by atoms with Gasteiger partial charge in [-0.1, -0.05) is 41.0 Å². The molecule has 0 aliphatic heterocycles. The number of hydrogen-bond donors (Lipinski definition) is 1. The Balaban J connectivity index is 1.51. The summed E-state index contributed by atoms with van der Waals surface area (Å²) in [5, 5.41) is 7.00. The van der Waals surface area contributed by atoms with Crippen molar-refractivity contribution >= 4 is 27.3 Å². The molecule has 0 fully saturated rings. The van der Waals surface area contributed by atoms with E-state index in [1.54, 1.807) is 0 Å². The normalized spacial score (nSPS) is 11.4. The number of aromatic nitrogens is 2. The van der Waals surface area contributed by atoms with E-state index in [-0.39, 0.29) is 35.4 Å². The zero-order valence-electron chi connectivity index (χ0n) is 15.8. The maximum absolute atomic E-state index is 12.4. The Kier molecular flexibility index (Phi) is 6.66. The van der Waals surface area contributed by atoms with Crippen molar-refractivity contribution in [2.75, 3.05) is 0 Å². The van der Waals surface area contributed by atoms with Crippen molar-refractivity contribution in [3.05, 3.63) is 76.4 Å². The molecule has 0 aliphatic rings. The molecule has 0 unspecified atom stereocenters. The summed E-state index contributed by atoms with van der Waals surface area (Å²) < 4.78 is 29.9. The predicted octanol–water partition coefficient (Wildman–Crippen LogP) is 3.25. The lowest BCUT2D eigenvalue weighted by molar-refractivity contribution is -0.121. The zero-order valence-corrected chi connectivity index (χ0v) is 17.3. The van der Waals surface area contributed by atoms with Crippen LogP contribution in [0.4, 0.5) is 0 Å². The summed E-state index contributed by atoms with van der Waals surface area (Å²) in [6, 6.07) is 13.7. The largest absolute Gasteiger partial charge is 0.352 e. The minimum absolute atomic E-state index is 0.0512. The van der Waals surface area contributed by atoms with Crippen molar-refractivity contribution in [3.63, 3.8) is 0 Å². The lowest BCUT2D eigenvalue weighted by Gasteiger charge is -2.07. The summed E-state index contributed by atoms with van der Waals surface area (Å²) in [6.07, 6.45) is 0.394. The van der Waals surface area contributed by atoms with Crippen LogP contribution in [0.25, 0.3) is 0 Å². The van der Waals surface area contributed by atoms with E-state index >= 15 is 0 Å². The van der Waals surface area contributed by atoms with Gasteiger partial charge in [0.2, 0.25) is 11.8 Å². The maximum atomic E-state index is 12.4. The zero-order chi connectivity index (χ0) is 20.9. The van der Waals surface area contributed by atoms with Crippen molar-refractivity contribution in [1.29, 1.82) is 0 Å². The van der Waals surface area contributed by atoms with Gasteiger partial charge in [-0.2, -0.15) is 4.98 Å². The predicted molar refractivity (Wildman–Crippen MR) is 108 cm³/mol. The monoisotopic (exact) mass is 433 g/mol. The third kappa shape index (κ3) is 5.88. The molecular formula is C20H20ClN3O4S. The van der Waals surface area contributed by atoms with Crippen molar-refractivity contribution < 1.29 is 17.7 Å². The summed E-state index contributed by atoms with van der Waals surface area (Å²) in [5.74, 6) is -0.271. The van der Waals surface area contributed by atoms with Crippen LogP contribution in [-0.4, -0.2) is 24.5 Å². The maximum Gasteiger partial charge on any atom is 0.227 e. The molecule has 0 saturated heterocycles. The lowest BCUT2D eigenvalue weighted by atomic mass is 10.1. The molecule has 1 heterocycles. The second-order valence-electron chi connectivity index (χ2n) is 6.52. The van der Waals surface area contributed by atoms with Crippen molar-refractivity contribution in [2.45, 2.75) is 37.0 Å². The fourth-order valence-corrected chi connectivity index (χ4v) is 3.96. The van der Waals surface area contributed by atoms with E-state index in [0.717, 1.165) is 11.1 Å². The van der Waals surface area contributed by atoms with E-state index in [1.807, 2.05) is 31.2 Å². The fourth-order valence-electron chi connectivity index (χ4n) is 2.66. The highest BCUT2D eigenvalue weighted by molar-refractivity contribution is 7.90. The van der Waals surface area contributed by atoms with Gasteiger partial charge in [-0.05, 0) is 42.3 Å². The molecule has 3 aromatic rings. The van der Waals surface area contributed by atoms with Crippen LogP contribution in [0.15, 0.2) is 57.9 Å². The van der Waals surface area contributed by atoms with Crippen LogP contribution >= 0.6 is 11.6 Å². The first kappa shape index (κ1) is 21.0. The van der Waals surface area contributed by atoms with Crippen LogP contribution in [0, 0.1) is 6.92 Å².